The van der Waals surface area contributed by atoms with Crippen LogP contribution in [-0.4, -0.2) is 31.4 Å². The maximum Gasteiger partial charge on any atom is 0.255 e. The van der Waals surface area contributed by atoms with Crippen LogP contribution >= 0.6 is 0 Å². The van der Waals surface area contributed by atoms with Gasteiger partial charge in [0, 0.05) is 6.54 Å². The molecule has 0 atom stereocenters. The molecule has 3 rings (SSSR count). The minimum atomic E-state index is -3.95. The van der Waals surface area contributed by atoms with Crippen molar-refractivity contribution in [1.29, 1.82) is 0 Å². The lowest BCUT2D eigenvalue weighted by Gasteiger charge is -2.24. The van der Waals surface area contributed by atoms with Crippen molar-refractivity contribution in [3.63, 3.8) is 0 Å². The monoisotopic (exact) mass is 453 g/mol. The first-order chi connectivity index (χ1) is 15.2. The molecule has 1 amide bonds. The summed E-state index contributed by atoms with van der Waals surface area (Å²) in [7, 11) is -3.95. The summed E-state index contributed by atoms with van der Waals surface area (Å²) in [6.07, 6.45) is 2.84. The Morgan fingerprint density at radius 2 is 1.69 bits per heavy atom. The number of nitrogens with zero attached hydrogens (tertiary/aromatic N) is 2. The highest BCUT2D eigenvalue weighted by Crippen LogP contribution is 2.26. The number of amides is 1. The SMILES string of the molecule is Cc1ccc(CN(CC(=O)N/N=C/c2ccco2)S(=O)(=O)c2c(C)cc(C)cc2C)cc1. The van der Waals surface area contributed by atoms with Crippen LogP contribution in [0.15, 0.2) is 69.2 Å². The molecule has 0 aliphatic heterocycles. The first-order valence-corrected chi connectivity index (χ1v) is 11.6. The predicted octanol–water partition coefficient (Wildman–Crippen LogP) is 3.85. The maximum atomic E-state index is 13.6. The zero-order valence-corrected chi connectivity index (χ0v) is 19.4. The fourth-order valence-electron chi connectivity index (χ4n) is 3.55. The number of aryl methyl sites for hydroxylation is 4. The van der Waals surface area contributed by atoms with Crippen LogP contribution in [0.4, 0.5) is 0 Å². The summed E-state index contributed by atoms with van der Waals surface area (Å²) < 4.78 is 33.6. The van der Waals surface area contributed by atoms with Crippen molar-refractivity contribution >= 4 is 22.1 Å². The Morgan fingerprint density at radius 1 is 1.03 bits per heavy atom. The molecule has 0 spiro atoms. The van der Waals surface area contributed by atoms with E-state index in [0.29, 0.717) is 16.9 Å². The Labute approximate surface area is 188 Å². The first-order valence-electron chi connectivity index (χ1n) is 10.2. The van der Waals surface area contributed by atoms with E-state index in [2.05, 4.69) is 10.5 Å². The molecule has 0 aliphatic carbocycles. The van der Waals surface area contributed by atoms with Crippen LogP contribution in [0, 0.1) is 27.7 Å². The normalized spacial score (nSPS) is 11.9. The minimum absolute atomic E-state index is 0.0602. The molecular weight excluding hydrogens is 426 g/mol. The van der Waals surface area contributed by atoms with Crippen LogP contribution in [0.2, 0.25) is 0 Å². The van der Waals surface area contributed by atoms with Crippen LogP contribution in [0.25, 0.3) is 0 Å². The lowest BCUT2D eigenvalue weighted by molar-refractivity contribution is -0.121. The summed E-state index contributed by atoms with van der Waals surface area (Å²) in [5, 5.41) is 3.85. The van der Waals surface area contributed by atoms with Gasteiger partial charge in [0.2, 0.25) is 10.0 Å². The second-order valence-corrected chi connectivity index (χ2v) is 9.67. The Balaban J connectivity index is 1.89. The van der Waals surface area contributed by atoms with E-state index >= 15 is 0 Å². The van der Waals surface area contributed by atoms with E-state index in [1.54, 1.807) is 26.0 Å². The van der Waals surface area contributed by atoms with Crippen LogP contribution in [0.5, 0.6) is 0 Å². The lowest BCUT2D eigenvalue weighted by atomic mass is 10.1. The molecule has 168 valence electrons. The summed E-state index contributed by atoms with van der Waals surface area (Å²) in [6, 6.07) is 14.6. The molecule has 2 aromatic carbocycles. The standard InChI is InChI=1S/C24H27N3O4S/c1-17-7-9-21(10-8-17)15-27(16-23(28)26-25-14-22-6-5-11-31-22)32(29,30)24-19(3)12-18(2)13-20(24)4/h5-14H,15-16H2,1-4H3,(H,26,28)/b25-14+. The van der Waals surface area contributed by atoms with Gasteiger partial charge in [-0.3, -0.25) is 4.79 Å². The first kappa shape index (κ1) is 23.4. The number of nitrogens with one attached hydrogen (secondary N) is 1. The zero-order chi connectivity index (χ0) is 23.3. The van der Waals surface area contributed by atoms with Gasteiger partial charge in [-0.05, 0) is 56.5 Å². The molecule has 1 aromatic heterocycles. The third-order valence-electron chi connectivity index (χ3n) is 4.93. The second kappa shape index (κ2) is 9.93. The van der Waals surface area contributed by atoms with E-state index in [0.717, 1.165) is 16.7 Å². The van der Waals surface area contributed by atoms with Crippen molar-refractivity contribution in [1.82, 2.24) is 9.73 Å². The number of hydrogen-bond donors (Lipinski definition) is 1. The number of carbonyl (C=O) groups excluding carboxylic acids is 1. The molecule has 0 radical (unpaired) electrons. The third-order valence-corrected chi connectivity index (χ3v) is 7.02. The van der Waals surface area contributed by atoms with Crippen LogP contribution in [0.1, 0.15) is 33.6 Å². The highest BCUT2D eigenvalue weighted by atomic mass is 32.2. The van der Waals surface area contributed by atoms with Crippen molar-refractivity contribution in [2.75, 3.05) is 6.54 Å². The highest BCUT2D eigenvalue weighted by molar-refractivity contribution is 7.89. The molecule has 0 aliphatic rings. The van der Waals surface area contributed by atoms with Gasteiger partial charge >= 0.3 is 0 Å². The molecule has 0 unspecified atom stereocenters. The molecule has 8 heteroatoms. The summed E-state index contributed by atoms with van der Waals surface area (Å²) in [5.41, 5.74) is 6.50. The Morgan fingerprint density at radius 3 is 2.28 bits per heavy atom. The summed E-state index contributed by atoms with van der Waals surface area (Å²) in [5.74, 6) is -0.0775. The van der Waals surface area contributed by atoms with Gasteiger partial charge in [0.05, 0.1) is 23.9 Å². The van der Waals surface area contributed by atoms with E-state index in [-0.39, 0.29) is 18.0 Å². The molecule has 0 fully saturated rings. The maximum absolute atomic E-state index is 13.6. The molecular formula is C24H27N3O4S. The largest absolute Gasteiger partial charge is 0.463 e. The summed E-state index contributed by atoms with van der Waals surface area (Å²) in [6.45, 7) is 7.10. The molecule has 7 nitrogen and oxygen atoms in total. The van der Waals surface area contributed by atoms with Crippen LogP contribution in [-0.2, 0) is 21.4 Å². The molecule has 3 aromatic rings. The third kappa shape index (κ3) is 5.72. The van der Waals surface area contributed by atoms with Gasteiger partial charge in [0.25, 0.3) is 5.91 Å². The fraction of sp³-hybridized carbons (Fsp3) is 0.250. The smallest absolute Gasteiger partial charge is 0.255 e. The van der Waals surface area contributed by atoms with Crippen LogP contribution < -0.4 is 5.43 Å². The lowest BCUT2D eigenvalue weighted by Crippen LogP contribution is -2.39. The van der Waals surface area contributed by atoms with Gasteiger partial charge in [-0.1, -0.05) is 47.5 Å². The van der Waals surface area contributed by atoms with Gasteiger partial charge in [-0.2, -0.15) is 9.41 Å². The number of sulfonamides is 1. The van der Waals surface area contributed by atoms with Crippen molar-refractivity contribution in [3.05, 3.63) is 88.4 Å². The van der Waals surface area contributed by atoms with Crippen molar-refractivity contribution in [2.45, 2.75) is 39.1 Å². The minimum Gasteiger partial charge on any atom is -0.463 e. The van der Waals surface area contributed by atoms with Gasteiger partial charge in [-0.15, -0.1) is 0 Å². The predicted molar refractivity (Wildman–Crippen MR) is 124 cm³/mol. The second-order valence-electron chi connectivity index (χ2n) is 7.80. The zero-order valence-electron chi connectivity index (χ0n) is 18.6. The topological polar surface area (TPSA) is 92.0 Å². The Kier molecular flexibility index (Phi) is 7.27. The number of furan rings is 1. The Hall–Kier alpha value is -3.23. The van der Waals surface area contributed by atoms with E-state index in [1.807, 2.05) is 50.2 Å². The van der Waals surface area contributed by atoms with Crippen LogP contribution in [0.3, 0.4) is 0 Å². The number of hydrazone groups is 1. The van der Waals surface area contributed by atoms with Gasteiger partial charge in [-0.25, -0.2) is 13.8 Å². The molecule has 1 heterocycles. The van der Waals surface area contributed by atoms with E-state index < -0.39 is 15.9 Å². The van der Waals surface area contributed by atoms with E-state index in [9.17, 15) is 13.2 Å². The van der Waals surface area contributed by atoms with Crippen molar-refractivity contribution < 1.29 is 17.6 Å². The Bertz CT molecular complexity index is 1190. The van der Waals surface area contributed by atoms with Crippen molar-refractivity contribution in [3.8, 4) is 0 Å². The summed E-state index contributed by atoms with van der Waals surface area (Å²) >= 11 is 0. The number of rotatable bonds is 8. The highest BCUT2D eigenvalue weighted by Gasteiger charge is 2.30. The average Bonchev–Trinajstić information content (AvgIpc) is 3.21. The number of benzene rings is 2. The fourth-order valence-corrected chi connectivity index (χ4v) is 5.35. The molecule has 0 saturated carbocycles. The van der Waals surface area contributed by atoms with Gasteiger partial charge in [0.1, 0.15) is 5.76 Å². The number of carbonyl (C=O) groups is 1. The van der Waals surface area contributed by atoms with E-state index in [4.69, 9.17) is 4.42 Å². The molecule has 0 saturated heterocycles. The van der Waals surface area contributed by atoms with Gasteiger partial charge in [0.15, 0.2) is 0 Å². The quantitative estimate of drug-likeness (QED) is 0.414. The molecule has 32 heavy (non-hydrogen) atoms. The summed E-state index contributed by atoms with van der Waals surface area (Å²) in [4.78, 5) is 12.8. The van der Waals surface area contributed by atoms with Crippen molar-refractivity contribution in [2.24, 2.45) is 5.10 Å². The van der Waals surface area contributed by atoms with E-state index in [1.165, 1.54) is 16.8 Å². The van der Waals surface area contributed by atoms with Gasteiger partial charge < -0.3 is 4.42 Å². The number of hydrogen-bond acceptors (Lipinski definition) is 5. The molecule has 0 bridgehead atoms. The average molecular weight is 454 g/mol. The molecule has 1 N–H and O–H groups in total.